The van der Waals surface area contributed by atoms with Crippen LogP contribution in [-0.4, -0.2) is 43.5 Å². The molecule has 1 N–H and O–H groups in total. The van der Waals surface area contributed by atoms with Gasteiger partial charge in [0.1, 0.15) is 17.5 Å². The fourth-order valence-corrected chi connectivity index (χ4v) is 2.77. The lowest BCUT2D eigenvalue weighted by molar-refractivity contribution is -0.142. The molecule has 150 valence electrons. The van der Waals surface area contributed by atoms with Crippen molar-refractivity contribution in [1.29, 1.82) is 0 Å². The van der Waals surface area contributed by atoms with Crippen molar-refractivity contribution in [2.24, 2.45) is 0 Å². The van der Waals surface area contributed by atoms with Crippen LogP contribution in [0.15, 0.2) is 42.5 Å². The van der Waals surface area contributed by atoms with Crippen molar-refractivity contribution in [3.8, 4) is 11.5 Å². The summed E-state index contributed by atoms with van der Waals surface area (Å²) in [5.41, 5.74) is 1.74. The molecule has 7 heteroatoms. The Morgan fingerprint density at radius 2 is 1.79 bits per heavy atom. The second kappa shape index (κ2) is 9.99. The number of ether oxygens (including phenoxy) is 2. The molecule has 0 fully saturated rings. The molecule has 0 saturated carbocycles. The minimum atomic E-state index is -0.643. The van der Waals surface area contributed by atoms with Gasteiger partial charge in [0.25, 0.3) is 5.91 Å². The molecule has 0 aliphatic rings. The largest absolute Gasteiger partial charge is 0.497 e. The average molecular weight is 405 g/mol. The van der Waals surface area contributed by atoms with Crippen LogP contribution in [0, 0.1) is 6.92 Å². The van der Waals surface area contributed by atoms with E-state index in [4.69, 9.17) is 21.1 Å². The molecule has 2 aromatic rings. The van der Waals surface area contributed by atoms with Crippen molar-refractivity contribution >= 4 is 23.4 Å². The van der Waals surface area contributed by atoms with Crippen LogP contribution in [0.2, 0.25) is 5.02 Å². The molecular weight excluding hydrogens is 380 g/mol. The summed E-state index contributed by atoms with van der Waals surface area (Å²) in [7, 11) is 3.14. The predicted molar refractivity (Wildman–Crippen MR) is 109 cm³/mol. The summed E-state index contributed by atoms with van der Waals surface area (Å²) in [6.07, 6.45) is 0. The average Bonchev–Trinajstić information content (AvgIpc) is 2.71. The van der Waals surface area contributed by atoms with Gasteiger partial charge in [-0.25, -0.2) is 0 Å². The summed E-state index contributed by atoms with van der Waals surface area (Å²) >= 11 is 6.01. The highest BCUT2D eigenvalue weighted by Gasteiger charge is 2.25. The first kappa shape index (κ1) is 21.6. The van der Waals surface area contributed by atoms with Crippen LogP contribution in [0.25, 0.3) is 0 Å². The summed E-state index contributed by atoms with van der Waals surface area (Å²) in [6.45, 7) is 3.65. The Labute approximate surface area is 170 Å². The maximum atomic E-state index is 12.8. The number of nitrogens with one attached hydrogen (secondary N) is 1. The Balaban J connectivity index is 2.13. The molecule has 2 amide bonds. The number of amides is 2. The standard InChI is InChI=1S/C21H25ClN2O4/c1-14-11-18(9-10-19(14)22)28-13-20(25)24(15(2)21(26)23-3)12-16-5-7-17(27-4)8-6-16/h5-11,15H,12-13H2,1-4H3,(H,23,26). The van der Waals surface area contributed by atoms with E-state index in [-0.39, 0.29) is 25.0 Å². The Bertz CT molecular complexity index is 824. The van der Waals surface area contributed by atoms with Crippen molar-refractivity contribution in [2.45, 2.75) is 26.4 Å². The molecule has 1 unspecified atom stereocenters. The first-order valence-electron chi connectivity index (χ1n) is 8.88. The number of benzene rings is 2. The number of carbonyl (C=O) groups is 2. The van der Waals surface area contributed by atoms with Gasteiger partial charge in [0, 0.05) is 18.6 Å². The molecule has 6 nitrogen and oxygen atoms in total. The number of hydrogen-bond acceptors (Lipinski definition) is 4. The van der Waals surface area contributed by atoms with E-state index in [9.17, 15) is 9.59 Å². The molecule has 0 saturated heterocycles. The van der Waals surface area contributed by atoms with Crippen molar-refractivity contribution in [1.82, 2.24) is 10.2 Å². The second-order valence-electron chi connectivity index (χ2n) is 6.36. The van der Waals surface area contributed by atoms with Crippen molar-refractivity contribution < 1.29 is 19.1 Å². The zero-order valence-electron chi connectivity index (χ0n) is 16.5. The fraction of sp³-hybridized carbons (Fsp3) is 0.333. The third-order valence-electron chi connectivity index (χ3n) is 4.42. The number of rotatable bonds is 8. The molecule has 0 aromatic heterocycles. The zero-order valence-corrected chi connectivity index (χ0v) is 17.2. The second-order valence-corrected chi connectivity index (χ2v) is 6.77. The van der Waals surface area contributed by atoms with Gasteiger partial charge < -0.3 is 19.7 Å². The lowest BCUT2D eigenvalue weighted by atomic mass is 10.1. The Kier molecular flexibility index (Phi) is 7.70. The lowest BCUT2D eigenvalue weighted by Gasteiger charge is -2.28. The van der Waals surface area contributed by atoms with E-state index < -0.39 is 6.04 Å². The molecule has 2 aromatic carbocycles. The van der Waals surface area contributed by atoms with Gasteiger partial charge in [-0.15, -0.1) is 0 Å². The van der Waals surface area contributed by atoms with E-state index in [1.54, 1.807) is 39.3 Å². The summed E-state index contributed by atoms with van der Waals surface area (Å²) < 4.78 is 10.8. The van der Waals surface area contributed by atoms with Crippen LogP contribution >= 0.6 is 11.6 Å². The maximum Gasteiger partial charge on any atom is 0.261 e. The van der Waals surface area contributed by atoms with Gasteiger partial charge in [-0.05, 0) is 55.3 Å². The van der Waals surface area contributed by atoms with E-state index in [1.807, 2.05) is 31.2 Å². The zero-order chi connectivity index (χ0) is 20.7. The highest BCUT2D eigenvalue weighted by Crippen LogP contribution is 2.21. The normalized spacial score (nSPS) is 11.5. The third kappa shape index (κ3) is 5.63. The maximum absolute atomic E-state index is 12.8. The monoisotopic (exact) mass is 404 g/mol. The van der Waals surface area contributed by atoms with Crippen LogP contribution in [0.5, 0.6) is 11.5 Å². The number of hydrogen-bond donors (Lipinski definition) is 1. The molecule has 0 spiro atoms. The summed E-state index contributed by atoms with van der Waals surface area (Å²) in [4.78, 5) is 26.4. The first-order chi connectivity index (χ1) is 13.3. The van der Waals surface area contributed by atoms with Gasteiger partial charge >= 0.3 is 0 Å². The van der Waals surface area contributed by atoms with Crippen molar-refractivity contribution in [2.75, 3.05) is 20.8 Å². The molecule has 0 heterocycles. The smallest absolute Gasteiger partial charge is 0.261 e. The predicted octanol–water partition coefficient (Wildman–Crippen LogP) is 3.20. The number of methoxy groups -OCH3 is 1. The Hall–Kier alpha value is -2.73. The quantitative estimate of drug-likeness (QED) is 0.733. The third-order valence-corrected chi connectivity index (χ3v) is 4.84. The van der Waals surface area contributed by atoms with Gasteiger partial charge in [-0.2, -0.15) is 0 Å². The minimum Gasteiger partial charge on any atom is -0.497 e. The summed E-state index contributed by atoms with van der Waals surface area (Å²) in [5.74, 6) is 0.735. The van der Waals surface area contributed by atoms with Crippen LogP contribution in [-0.2, 0) is 16.1 Å². The molecular formula is C21H25ClN2O4. The van der Waals surface area contributed by atoms with Gasteiger partial charge in [-0.1, -0.05) is 23.7 Å². The molecule has 0 bridgehead atoms. The highest BCUT2D eigenvalue weighted by atomic mass is 35.5. The minimum absolute atomic E-state index is 0.182. The number of aryl methyl sites for hydroxylation is 1. The molecule has 28 heavy (non-hydrogen) atoms. The molecule has 0 radical (unpaired) electrons. The van der Waals surface area contributed by atoms with Gasteiger partial charge in [0.15, 0.2) is 6.61 Å². The van der Waals surface area contributed by atoms with Crippen LogP contribution < -0.4 is 14.8 Å². The van der Waals surface area contributed by atoms with E-state index in [1.165, 1.54) is 4.90 Å². The van der Waals surface area contributed by atoms with E-state index >= 15 is 0 Å². The number of likely N-dealkylation sites (N-methyl/N-ethyl adjacent to an activating group) is 1. The van der Waals surface area contributed by atoms with Gasteiger partial charge in [0.2, 0.25) is 5.91 Å². The van der Waals surface area contributed by atoms with Crippen LogP contribution in [0.1, 0.15) is 18.1 Å². The summed E-state index contributed by atoms with van der Waals surface area (Å²) in [5, 5.41) is 3.22. The molecule has 0 aliphatic heterocycles. The van der Waals surface area contributed by atoms with Crippen LogP contribution in [0.3, 0.4) is 0 Å². The number of nitrogens with zero attached hydrogens (tertiary/aromatic N) is 1. The SMILES string of the molecule is CNC(=O)C(C)N(Cc1ccc(OC)cc1)C(=O)COc1ccc(Cl)c(C)c1. The van der Waals surface area contributed by atoms with Crippen molar-refractivity contribution in [3.05, 3.63) is 58.6 Å². The topological polar surface area (TPSA) is 67.9 Å². The van der Waals surface area contributed by atoms with Crippen molar-refractivity contribution in [3.63, 3.8) is 0 Å². The van der Waals surface area contributed by atoms with Crippen LogP contribution in [0.4, 0.5) is 0 Å². The Morgan fingerprint density at radius 3 is 2.36 bits per heavy atom. The Morgan fingerprint density at radius 1 is 1.14 bits per heavy atom. The highest BCUT2D eigenvalue weighted by molar-refractivity contribution is 6.31. The van der Waals surface area contributed by atoms with Gasteiger partial charge in [0.05, 0.1) is 7.11 Å². The van der Waals surface area contributed by atoms with E-state index in [2.05, 4.69) is 5.32 Å². The summed E-state index contributed by atoms with van der Waals surface area (Å²) in [6, 6.07) is 11.9. The van der Waals surface area contributed by atoms with E-state index in [0.717, 1.165) is 16.9 Å². The van der Waals surface area contributed by atoms with E-state index in [0.29, 0.717) is 10.8 Å². The lowest BCUT2D eigenvalue weighted by Crippen LogP contribution is -2.48. The fourth-order valence-electron chi connectivity index (χ4n) is 2.65. The van der Waals surface area contributed by atoms with Gasteiger partial charge in [-0.3, -0.25) is 9.59 Å². The first-order valence-corrected chi connectivity index (χ1v) is 9.26. The number of carbonyl (C=O) groups excluding carboxylic acids is 2. The molecule has 0 aliphatic carbocycles. The number of halogens is 1. The molecule has 1 atom stereocenters. The molecule has 2 rings (SSSR count).